The number of nitrogens with zero attached hydrogens (tertiary/aromatic N) is 1. The monoisotopic (exact) mass is 313 g/mol. The van der Waals surface area contributed by atoms with Crippen molar-refractivity contribution in [2.75, 3.05) is 5.73 Å². The van der Waals surface area contributed by atoms with Crippen molar-refractivity contribution < 1.29 is 9.90 Å². The zero-order chi connectivity index (χ0) is 13.1. The van der Waals surface area contributed by atoms with E-state index in [2.05, 4.69) is 26.2 Å². The van der Waals surface area contributed by atoms with Crippen molar-refractivity contribution >= 4 is 27.7 Å². The van der Waals surface area contributed by atoms with Crippen LogP contribution in [0.25, 0.3) is 0 Å². The predicted molar refractivity (Wildman–Crippen MR) is 72.1 cm³/mol. The van der Waals surface area contributed by atoms with Crippen molar-refractivity contribution in [2.45, 2.75) is 37.8 Å². The molecule has 1 amide bonds. The van der Waals surface area contributed by atoms with Gasteiger partial charge in [-0.15, -0.1) is 0 Å². The second kappa shape index (κ2) is 5.67. The SMILES string of the molecule is Nc1cc(C(=O)NC2CCC(O)CC2)c(Br)cn1. The van der Waals surface area contributed by atoms with Crippen LogP contribution in [0, 0.1) is 0 Å². The molecule has 0 saturated heterocycles. The molecule has 0 aromatic carbocycles. The minimum Gasteiger partial charge on any atom is -0.393 e. The lowest BCUT2D eigenvalue weighted by atomic mass is 9.93. The number of nitrogens with two attached hydrogens (primary N) is 1. The van der Waals surface area contributed by atoms with Gasteiger partial charge in [-0.3, -0.25) is 4.79 Å². The molecule has 1 aliphatic rings. The number of rotatable bonds is 2. The number of pyridine rings is 1. The first-order valence-corrected chi connectivity index (χ1v) is 6.75. The van der Waals surface area contributed by atoms with Crippen LogP contribution in [0.2, 0.25) is 0 Å². The van der Waals surface area contributed by atoms with Gasteiger partial charge in [0.15, 0.2) is 0 Å². The van der Waals surface area contributed by atoms with Gasteiger partial charge in [-0.1, -0.05) is 0 Å². The van der Waals surface area contributed by atoms with Crippen LogP contribution >= 0.6 is 15.9 Å². The molecule has 1 fully saturated rings. The highest BCUT2D eigenvalue weighted by Gasteiger charge is 2.22. The Morgan fingerprint density at radius 2 is 2.11 bits per heavy atom. The van der Waals surface area contributed by atoms with Gasteiger partial charge >= 0.3 is 0 Å². The van der Waals surface area contributed by atoms with Gasteiger partial charge < -0.3 is 16.2 Å². The van der Waals surface area contributed by atoms with E-state index in [1.165, 1.54) is 6.20 Å². The van der Waals surface area contributed by atoms with Gasteiger partial charge in [-0.2, -0.15) is 0 Å². The lowest BCUT2D eigenvalue weighted by molar-refractivity contribution is 0.0867. The molecule has 2 rings (SSSR count). The Balaban J connectivity index is 2.01. The first-order chi connectivity index (χ1) is 8.56. The standard InChI is InChI=1S/C12H16BrN3O2/c13-10-6-15-11(14)5-9(10)12(18)16-7-1-3-8(17)4-2-7/h5-8,17H,1-4H2,(H2,14,15)(H,16,18). The summed E-state index contributed by atoms with van der Waals surface area (Å²) in [6.45, 7) is 0. The molecule has 0 bridgehead atoms. The molecule has 98 valence electrons. The number of nitrogens with one attached hydrogen (secondary N) is 1. The third-order valence-corrected chi connectivity index (χ3v) is 3.78. The fraction of sp³-hybridized carbons (Fsp3) is 0.500. The van der Waals surface area contributed by atoms with Crippen molar-refractivity contribution in [3.63, 3.8) is 0 Å². The minimum absolute atomic E-state index is 0.127. The molecular weight excluding hydrogens is 298 g/mol. The van der Waals surface area contributed by atoms with E-state index in [1.54, 1.807) is 6.07 Å². The van der Waals surface area contributed by atoms with Gasteiger partial charge in [-0.05, 0) is 47.7 Å². The lowest BCUT2D eigenvalue weighted by Crippen LogP contribution is -2.38. The lowest BCUT2D eigenvalue weighted by Gasteiger charge is -2.26. The molecule has 1 aromatic heterocycles. The summed E-state index contributed by atoms with van der Waals surface area (Å²) in [5, 5.41) is 12.4. The molecule has 1 heterocycles. The van der Waals surface area contributed by atoms with E-state index < -0.39 is 0 Å². The fourth-order valence-corrected chi connectivity index (χ4v) is 2.51. The van der Waals surface area contributed by atoms with E-state index in [1.807, 2.05) is 0 Å². The molecule has 0 aliphatic heterocycles. The molecule has 0 unspecified atom stereocenters. The van der Waals surface area contributed by atoms with Gasteiger partial charge in [0.1, 0.15) is 5.82 Å². The molecular formula is C12H16BrN3O2. The van der Waals surface area contributed by atoms with E-state index in [-0.39, 0.29) is 18.1 Å². The second-order valence-electron chi connectivity index (χ2n) is 4.57. The zero-order valence-corrected chi connectivity index (χ0v) is 11.5. The van der Waals surface area contributed by atoms with Gasteiger partial charge in [0.05, 0.1) is 11.7 Å². The smallest absolute Gasteiger partial charge is 0.252 e. The third kappa shape index (κ3) is 3.20. The van der Waals surface area contributed by atoms with Gasteiger partial charge in [0, 0.05) is 16.7 Å². The number of carbonyl (C=O) groups is 1. The number of amides is 1. The van der Waals surface area contributed by atoms with Crippen molar-refractivity contribution in [1.29, 1.82) is 0 Å². The summed E-state index contributed by atoms with van der Waals surface area (Å²) in [5.74, 6) is 0.166. The van der Waals surface area contributed by atoms with Crippen LogP contribution in [0.5, 0.6) is 0 Å². The largest absolute Gasteiger partial charge is 0.393 e. The molecule has 18 heavy (non-hydrogen) atoms. The van der Waals surface area contributed by atoms with Gasteiger partial charge in [0.25, 0.3) is 5.91 Å². The number of hydrogen-bond acceptors (Lipinski definition) is 4. The number of nitrogen functional groups attached to an aromatic ring is 1. The van der Waals surface area contributed by atoms with E-state index in [0.29, 0.717) is 15.9 Å². The first kappa shape index (κ1) is 13.3. The van der Waals surface area contributed by atoms with Crippen LogP contribution in [0.4, 0.5) is 5.82 Å². The maximum absolute atomic E-state index is 12.1. The molecule has 0 spiro atoms. The van der Waals surface area contributed by atoms with Crippen molar-refractivity contribution in [3.8, 4) is 0 Å². The van der Waals surface area contributed by atoms with Crippen molar-refractivity contribution in [3.05, 3.63) is 22.3 Å². The average Bonchev–Trinajstić information content (AvgIpc) is 2.35. The number of anilines is 1. The number of hydrogen-bond donors (Lipinski definition) is 3. The van der Waals surface area contributed by atoms with E-state index in [9.17, 15) is 9.90 Å². The van der Waals surface area contributed by atoms with Gasteiger partial charge in [0.2, 0.25) is 0 Å². The molecule has 1 saturated carbocycles. The van der Waals surface area contributed by atoms with Crippen LogP contribution in [-0.4, -0.2) is 28.1 Å². The third-order valence-electron chi connectivity index (χ3n) is 3.15. The molecule has 4 N–H and O–H groups in total. The molecule has 0 radical (unpaired) electrons. The fourth-order valence-electron chi connectivity index (χ4n) is 2.11. The predicted octanol–water partition coefficient (Wildman–Crippen LogP) is 1.46. The molecule has 5 nitrogen and oxygen atoms in total. The normalized spacial score (nSPS) is 23.7. The Labute approximate surface area is 114 Å². The summed E-state index contributed by atoms with van der Waals surface area (Å²) < 4.78 is 0.630. The second-order valence-corrected chi connectivity index (χ2v) is 5.42. The van der Waals surface area contributed by atoms with Crippen molar-refractivity contribution in [1.82, 2.24) is 10.3 Å². The molecule has 6 heteroatoms. The summed E-state index contributed by atoms with van der Waals surface area (Å²) in [6.07, 6.45) is 4.40. The summed E-state index contributed by atoms with van der Waals surface area (Å²) >= 11 is 3.29. The molecule has 0 atom stereocenters. The van der Waals surface area contributed by atoms with Gasteiger partial charge in [-0.25, -0.2) is 4.98 Å². The minimum atomic E-state index is -0.221. The van der Waals surface area contributed by atoms with Crippen LogP contribution in [0.3, 0.4) is 0 Å². The van der Waals surface area contributed by atoms with Crippen LogP contribution in [0.1, 0.15) is 36.0 Å². The summed E-state index contributed by atoms with van der Waals surface area (Å²) in [6, 6.07) is 1.68. The highest BCUT2D eigenvalue weighted by molar-refractivity contribution is 9.10. The quantitative estimate of drug-likeness (QED) is 0.771. The molecule has 1 aliphatic carbocycles. The average molecular weight is 314 g/mol. The topological polar surface area (TPSA) is 88.2 Å². The van der Waals surface area contributed by atoms with E-state index in [0.717, 1.165) is 25.7 Å². The van der Waals surface area contributed by atoms with Crippen molar-refractivity contribution in [2.24, 2.45) is 0 Å². The first-order valence-electron chi connectivity index (χ1n) is 5.96. The van der Waals surface area contributed by atoms with E-state index in [4.69, 9.17) is 5.73 Å². The summed E-state index contributed by atoms with van der Waals surface area (Å²) in [4.78, 5) is 16.0. The Kier molecular flexibility index (Phi) is 4.19. The number of aliphatic hydroxyl groups is 1. The number of halogens is 1. The maximum atomic E-state index is 12.1. The Bertz CT molecular complexity index is 445. The maximum Gasteiger partial charge on any atom is 0.252 e. The summed E-state index contributed by atoms with van der Waals surface area (Å²) in [5.41, 5.74) is 6.07. The Hall–Kier alpha value is -1.14. The Morgan fingerprint density at radius 3 is 2.78 bits per heavy atom. The van der Waals surface area contributed by atoms with Crippen LogP contribution < -0.4 is 11.1 Å². The number of aliphatic hydroxyl groups excluding tert-OH is 1. The zero-order valence-electron chi connectivity index (χ0n) is 9.90. The number of carbonyl (C=O) groups excluding carboxylic acids is 1. The van der Waals surface area contributed by atoms with Crippen LogP contribution in [-0.2, 0) is 0 Å². The number of aromatic nitrogens is 1. The highest BCUT2D eigenvalue weighted by Crippen LogP contribution is 2.21. The Morgan fingerprint density at radius 1 is 1.44 bits per heavy atom. The highest BCUT2D eigenvalue weighted by atomic mass is 79.9. The van der Waals surface area contributed by atoms with E-state index >= 15 is 0 Å². The molecule has 1 aromatic rings. The van der Waals surface area contributed by atoms with Crippen LogP contribution in [0.15, 0.2) is 16.7 Å². The summed E-state index contributed by atoms with van der Waals surface area (Å²) in [7, 11) is 0.